The quantitative estimate of drug-likeness (QED) is 0.648. The fourth-order valence-electron chi connectivity index (χ4n) is 1.75. The van der Waals surface area contributed by atoms with Crippen LogP contribution in [0.3, 0.4) is 0 Å². The maximum atomic E-state index is 10.3. The molecule has 17 heavy (non-hydrogen) atoms. The zero-order chi connectivity index (χ0) is 12.9. The maximum Gasteiger partial charge on any atom is 0.133 e. The van der Waals surface area contributed by atoms with Gasteiger partial charge >= 0.3 is 0 Å². The van der Waals surface area contributed by atoms with Gasteiger partial charge in [0.15, 0.2) is 0 Å². The van der Waals surface area contributed by atoms with E-state index >= 15 is 0 Å². The van der Waals surface area contributed by atoms with Crippen LogP contribution in [-0.4, -0.2) is 26.5 Å². The monoisotopic (exact) mass is 299 g/mol. The van der Waals surface area contributed by atoms with Crippen LogP contribution in [0.15, 0.2) is 22.7 Å². The molecule has 1 aromatic carbocycles. The van der Waals surface area contributed by atoms with Crippen LogP contribution in [0.1, 0.15) is 19.4 Å². The summed E-state index contributed by atoms with van der Waals surface area (Å²) in [5, 5.41) is 3.11. The Morgan fingerprint density at radius 1 is 1.47 bits per heavy atom. The van der Waals surface area contributed by atoms with Gasteiger partial charge in [0.2, 0.25) is 0 Å². The highest BCUT2D eigenvalue weighted by Gasteiger charge is 2.24. The first-order valence-corrected chi connectivity index (χ1v) is 6.29. The maximum absolute atomic E-state index is 10.3. The van der Waals surface area contributed by atoms with Gasteiger partial charge in [-0.3, -0.25) is 0 Å². The summed E-state index contributed by atoms with van der Waals surface area (Å²) in [6, 6.07) is 5.96. The summed E-state index contributed by atoms with van der Waals surface area (Å²) in [5.41, 5.74) is 1.02. The van der Waals surface area contributed by atoms with Gasteiger partial charge in [0.05, 0.1) is 13.7 Å². The Morgan fingerprint density at radius 3 is 2.76 bits per heavy atom. The molecule has 0 aliphatic heterocycles. The molecule has 0 radical (unpaired) electrons. The lowest BCUT2D eigenvalue weighted by Crippen LogP contribution is -2.34. The first-order valence-electron chi connectivity index (χ1n) is 5.49. The standard InChI is InChI=1S/C13H18BrNO2/c1-13(2,9-15-6-7-16)11-8-10(14)4-5-12(11)17-3/h4-5,7-8,15H,6,9H2,1-3H3. The van der Waals surface area contributed by atoms with Crippen LogP contribution in [0.4, 0.5) is 0 Å². The summed E-state index contributed by atoms with van der Waals surface area (Å²) in [5.74, 6) is 0.867. The van der Waals surface area contributed by atoms with Crippen molar-refractivity contribution in [1.29, 1.82) is 0 Å². The highest BCUT2D eigenvalue weighted by Crippen LogP contribution is 2.33. The molecular weight excluding hydrogens is 282 g/mol. The SMILES string of the molecule is COc1ccc(Br)cc1C(C)(C)CNCC=O. The molecule has 0 saturated carbocycles. The minimum absolute atomic E-state index is 0.0991. The second-order valence-corrected chi connectivity index (χ2v) is 5.44. The summed E-state index contributed by atoms with van der Waals surface area (Å²) in [6.45, 7) is 5.34. The van der Waals surface area contributed by atoms with Crippen LogP contribution in [0.2, 0.25) is 0 Å². The average Bonchev–Trinajstić information content (AvgIpc) is 2.29. The molecule has 1 aromatic rings. The number of hydrogen-bond acceptors (Lipinski definition) is 3. The molecule has 0 spiro atoms. The summed E-state index contributed by atoms with van der Waals surface area (Å²) in [6.07, 6.45) is 0.869. The van der Waals surface area contributed by atoms with Crippen molar-refractivity contribution in [3.63, 3.8) is 0 Å². The molecule has 1 N–H and O–H groups in total. The Morgan fingerprint density at radius 2 is 2.18 bits per heavy atom. The molecule has 0 bridgehead atoms. The van der Waals surface area contributed by atoms with Gasteiger partial charge in [0.1, 0.15) is 12.0 Å². The molecule has 3 nitrogen and oxygen atoms in total. The van der Waals surface area contributed by atoms with Gasteiger partial charge in [-0.05, 0) is 18.2 Å². The lowest BCUT2D eigenvalue weighted by Gasteiger charge is -2.27. The fraction of sp³-hybridized carbons (Fsp3) is 0.462. The number of benzene rings is 1. The minimum Gasteiger partial charge on any atom is -0.496 e. The number of hydrogen-bond donors (Lipinski definition) is 1. The van der Waals surface area contributed by atoms with E-state index in [9.17, 15) is 4.79 Å². The Kier molecular flexibility index (Phi) is 5.15. The Bertz CT molecular complexity index is 391. The molecule has 0 aliphatic rings. The van der Waals surface area contributed by atoms with Crippen molar-refractivity contribution in [2.45, 2.75) is 19.3 Å². The number of carbonyl (C=O) groups excluding carboxylic acids is 1. The summed E-state index contributed by atoms with van der Waals surface area (Å²) < 4.78 is 6.40. The second kappa shape index (κ2) is 6.17. The number of carbonyl (C=O) groups is 1. The van der Waals surface area contributed by atoms with E-state index in [1.807, 2.05) is 12.1 Å². The van der Waals surface area contributed by atoms with Gasteiger partial charge in [-0.25, -0.2) is 0 Å². The summed E-state index contributed by atoms with van der Waals surface area (Å²) in [7, 11) is 1.67. The smallest absolute Gasteiger partial charge is 0.133 e. The normalized spacial score (nSPS) is 11.3. The van der Waals surface area contributed by atoms with Gasteiger partial charge in [0.25, 0.3) is 0 Å². The third-order valence-corrected chi connectivity index (χ3v) is 3.18. The van der Waals surface area contributed by atoms with E-state index < -0.39 is 0 Å². The largest absolute Gasteiger partial charge is 0.496 e. The number of rotatable bonds is 6. The number of halogens is 1. The van der Waals surface area contributed by atoms with Crippen LogP contribution in [0.25, 0.3) is 0 Å². The minimum atomic E-state index is -0.0991. The van der Waals surface area contributed by atoms with Crippen LogP contribution >= 0.6 is 15.9 Å². The highest BCUT2D eigenvalue weighted by atomic mass is 79.9. The number of methoxy groups -OCH3 is 1. The van der Waals surface area contributed by atoms with E-state index in [1.165, 1.54) is 0 Å². The molecule has 0 aromatic heterocycles. The fourth-order valence-corrected chi connectivity index (χ4v) is 2.11. The van der Waals surface area contributed by atoms with Crippen LogP contribution in [0.5, 0.6) is 5.75 Å². The van der Waals surface area contributed by atoms with Crippen LogP contribution < -0.4 is 10.1 Å². The van der Waals surface area contributed by atoms with Gasteiger partial charge in [-0.15, -0.1) is 0 Å². The third-order valence-electron chi connectivity index (χ3n) is 2.69. The molecule has 0 heterocycles. The Labute approximate surface area is 111 Å². The third kappa shape index (κ3) is 3.82. The Hall–Kier alpha value is -0.870. The summed E-state index contributed by atoms with van der Waals surface area (Å²) >= 11 is 3.47. The predicted octanol–water partition coefficient (Wildman–Crippen LogP) is 2.52. The van der Waals surface area contributed by atoms with Crippen molar-refractivity contribution < 1.29 is 9.53 Å². The van der Waals surface area contributed by atoms with Gasteiger partial charge in [0, 0.05) is 22.0 Å². The molecule has 0 saturated heterocycles. The van der Waals surface area contributed by atoms with E-state index in [1.54, 1.807) is 7.11 Å². The molecule has 94 valence electrons. The van der Waals surface area contributed by atoms with Crippen molar-refractivity contribution in [2.75, 3.05) is 20.2 Å². The van der Waals surface area contributed by atoms with E-state index in [4.69, 9.17) is 4.74 Å². The zero-order valence-corrected chi connectivity index (χ0v) is 12.0. The van der Waals surface area contributed by atoms with Crippen LogP contribution in [0, 0.1) is 0 Å². The van der Waals surface area contributed by atoms with Crippen molar-refractivity contribution in [2.24, 2.45) is 0 Å². The van der Waals surface area contributed by atoms with E-state index in [0.717, 1.165) is 28.6 Å². The molecule has 1 rings (SSSR count). The van der Waals surface area contributed by atoms with Gasteiger partial charge in [-0.2, -0.15) is 0 Å². The molecule has 0 aliphatic carbocycles. The average molecular weight is 300 g/mol. The van der Waals surface area contributed by atoms with Gasteiger partial charge in [-0.1, -0.05) is 29.8 Å². The zero-order valence-electron chi connectivity index (χ0n) is 10.4. The van der Waals surface area contributed by atoms with E-state index in [-0.39, 0.29) is 5.41 Å². The molecule has 0 fully saturated rings. The first kappa shape index (κ1) is 14.2. The number of nitrogens with one attached hydrogen (secondary N) is 1. The first-order chi connectivity index (χ1) is 8.01. The lowest BCUT2D eigenvalue weighted by molar-refractivity contribution is -0.107. The number of ether oxygens (including phenoxy) is 1. The lowest BCUT2D eigenvalue weighted by atomic mass is 9.84. The Balaban J connectivity index is 2.95. The number of aldehydes is 1. The molecule has 0 unspecified atom stereocenters. The van der Waals surface area contributed by atoms with Crippen molar-refractivity contribution in [3.05, 3.63) is 28.2 Å². The summed E-state index contributed by atoms with van der Waals surface area (Å²) in [4.78, 5) is 10.3. The second-order valence-electron chi connectivity index (χ2n) is 4.53. The van der Waals surface area contributed by atoms with Crippen molar-refractivity contribution in [1.82, 2.24) is 5.32 Å². The molecular formula is C13H18BrNO2. The predicted molar refractivity (Wildman–Crippen MR) is 72.7 cm³/mol. The van der Waals surface area contributed by atoms with E-state index in [0.29, 0.717) is 6.54 Å². The van der Waals surface area contributed by atoms with Crippen molar-refractivity contribution in [3.8, 4) is 5.75 Å². The molecule has 0 amide bonds. The van der Waals surface area contributed by atoms with Crippen LogP contribution in [-0.2, 0) is 10.2 Å². The highest BCUT2D eigenvalue weighted by molar-refractivity contribution is 9.10. The topological polar surface area (TPSA) is 38.3 Å². The molecule has 0 atom stereocenters. The van der Waals surface area contributed by atoms with Crippen molar-refractivity contribution >= 4 is 22.2 Å². The van der Waals surface area contributed by atoms with Gasteiger partial charge < -0.3 is 14.8 Å². The van der Waals surface area contributed by atoms with E-state index in [2.05, 4.69) is 41.2 Å². The molecule has 4 heteroatoms.